The summed E-state index contributed by atoms with van der Waals surface area (Å²) >= 11 is 1.53. The van der Waals surface area contributed by atoms with Crippen LogP contribution in [0.2, 0.25) is 0 Å². The van der Waals surface area contributed by atoms with Crippen LogP contribution in [0.25, 0.3) is 0 Å². The highest BCUT2D eigenvalue weighted by atomic mass is 32.1. The summed E-state index contributed by atoms with van der Waals surface area (Å²) in [6.45, 7) is 4.03. The van der Waals surface area contributed by atoms with E-state index in [0.29, 0.717) is 17.9 Å². The molecule has 5 nitrogen and oxygen atoms in total. The molecule has 0 saturated heterocycles. The number of thiazole rings is 1. The maximum absolute atomic E-state index is 13.4. The number of benzene rings is 1. The number of nitrogens with one attached hydrogen (secondary N) is 2. The Morgan fingerprint density at radius 3 is 2.91 bits per heavy atom. The first-order chi connectivity index (χ1) is 10.5. The van der Waals surface area contributed by atoms with E-state index in [9.17, 15) is 9.18 Å². The Morgan fingerprint density at radius 2 is 2.27 bits per heavy atom. The molecule has 0 saturated carbocycles. The van der Waals surface area contributed by atoms with Crippen LogP contribution in [0, 0.1) is 12.7 Å². The van der Waals surface area contributed by atoms with Gasteiger partial charge in [0.1, 0.15) is 11.6 Å². The number of rotatable bonds is 5. The molecule has 0 fully saturated rings. The van der Waals surface area contributed by atoms with Gasteiger partial charge in [0, 0.05) is 10.9 Å². The Hall–Kier alpha value is -2.15. The van der Waals surface area contributed by atoms with Gasteiger partial charge in [-0.2, -0.15) is 0 Å². The van der Waals surface area contributed by atoms with Crippen LogP contribution >= 0.6 is 11.3 Å². The second-order valence-corrected chi connectivity index (χ2v) is 5.86. The first kappa shape index (κ1) is 16.2. The predicted molar refractivity (Wildman–Crippen MR) is 83.6 cm³/mol. The third kappa shape index (κ3) is 4.17. The van der Waals surface area contributed by atoms with Gasteiger partial charge in [-0.1, -0.05) is 0 Å². The van der Waals surface area contributed by atoms with Gasteiger partial charge in [0.05, 0.1) is 30.4 Å². The van der Waals surface area contributed by atoms with Crippen molar-refractivity contribution in [2.24, 2.45) is 0 Å². The summed E-state index contributed by atoms with van der Waals surface area (Å²) in [5.74, 6) is 0.159. The number of carbonyl (C=O) groups is 1. The van der Waals surface area contributed by atoms with E-state index in [0.717, 1.165) is 10.7 Å². The monoisotopic (exact) mass is 323 g/mol. The SMILES string of the molecule is COc1ccc(F)cc1C(C)NC(=O)NCc1csc(C)n1. The molecule has 7 heteroatoms. The number of urea groups is 1. The molecule has 2 amide bonds. The maximum atomic E-state index is 13.4. The number of carbonyl (C=O) groups excluding carboxylic acids is 1. The van der Waals surface area contributed by atoms with Crippen LogP contribution in [0.4, 0.5) is 9.18 Å². The molecule has 0 spiro atoms. The Balaban J connectivity index is 1.94. The number of aryl methyl sites for hydroxylation is 1. The molecule has 1 heterocycles. The Bertz CT molecular complexity index is 660. The second-order valence-electron chi connectivity index (χ2n) is 4.79. The number of hydrogen-bond acceptors (Lipinski definition) is 4. The molecule has 0 aliphatic rings. The van der Waals surface area contributed by atoms with Crippen molar-refractivity contribution >= 4 is 17.4 Å². The highest BCUT2D eigenvalue weighted by molar-refractivity contribution is 7.09. The van der Waals surface area contributed by atoms with Gasteiger partial charge in [0.15, 0.2) is 0 Å². The number of aromatic nitrogens is 1. The lowest BCUT2D eigenvalue weighted by molar-refractivity contribution is 0.237. The van der Waals surface area contributed by atoms with E-state index in [2.05, 4.69) is 15.6 Å². The number of halogens is 1. The molecule has 2 rings (SSSR count). The molecule has 0 radical (unpaired) electrons. The number of nitrogens with zero attached hydrogens (tertiary/aromatic N) is 1. The number of hydrogen-bond donors (Lipinski definition) is 2. The summed E-state index contributed by atoms with van der Waals surface area (Å²) in [5, 5.41) is 8.33. The van der Waals surface area contributed by atoms with Gasteiger partial charge < -0.3 is 15.4 Å². The molecular formula is C15H18FN3O2S. The molecule has 0 aliphatic carbocycles. The van der Waals surface area contributed by atoms with Crippen molar-refractivity contribution in [3.05, 3.63) is 45.7 Å². The number of amides is 2. The smallest absolute Gasteiger partial charge is 0.315 e. The van der Waals surface area contributed by atoms with Crippen molar-refractivity contribution in [2.45, 2.75) is 26.4 Å². The molecule has 22 heavy (non-hydrogen) atoms. The fourth-order valence-corrected chi connectivity index (χ4v) is 2.64. The van der Waals surface area contributed by atoms with Crippen LogP contribution in [-0.2, 0) is 6.54 Å². The quantitative estimate of drug-likeness (QED) is 0.888. The molecule has 1 aromatic heterocycles. The molecule has 2 aromatic rings. The summed E-state index contributed by atoms with van der Waals surface area (Å²) in [5.41, 5.74) is 1.40. The lowest BCUT2D eigenvalue weighted by Crippen LogP contribution is -2.36. The van der Waals surface area contributed by atoms with E-state index in [4.69, 9.17) is 4.74 Å². The Labute approximate surface area is 132 Å². The normalized spacial score (nSPS) is 11.8. The van der Waals surface area contributed by atoms with Crippen LogP contribution in [0.5, 0.6) is 5.75 Å². The molecule has 118 valence electrons. The van der Waals surface area contributed by atoms with Gasteiger partial charge in [-0.25, -0.2) is 14.2 Å². The average Bonchev–Trinajstić information content (AvgIpc) is 2.90. The van der Waals surface area contributed by atoms with Gasteiger partial charge in [0.2, 0.25) is 0 Å². The van der Waals surface area contributed by atoms with Crippen molar-refractivity contribution in [1.29, 1.82) is 0 Å². The minimum Gasteiger partial charge on any atom is -0.496 e. The zero-order valence-corrected chi connectivity index (χ0v) is 13.5. The molecule has 2 N–H and O–H groups in total. The molecule has 1 unspecified atom stereocenters. The molecule has 0 bridgehead atoms. The molecular weight excluding hydrogens is 305 g/mol. The zero-order valence-electron chi connectivity index (χ0n) is 12.6. The third-order valence-corrected chi connectivity index (χ3v) is 3.92. The van der Waals surface area contributed by atoms with Crippen molar-refractivity contribution in [2.75, 3.05) is 7.11 Å². The summed E-state index contributed by atoms with van der Waals surface area (Å²) in [6, 6.07) is 3.48. The topological polar surface area (TPSA) is 63.2 Å². The van der Waals surface area contributed by atoms with Gasteiger partial charge in [-0.3, -0.25) is 0 Å². The van der Waals surface area contributed by atoms with E-state index in [-0.39, 0.29) is 17.9 Å². The summed E-state index contributed by atoms with van der Waals surface area (Å²) in [4.78, 5) is 16.2. The van der Waals surface area contributed by atoms with E-state index >= 15 is 0 Å². The predicted octanol–water partition coefficient (Wildman–Crippen LogP) is 3.16. The van der Waals surface area contributed by atoms with Gasteiger partial charge >= 0.3 is 6.03 Å². The van der Waals surface area contributed by atoms with Gasteiger partial charge in [-0.05, 0) is 32.0 Å². The highest BCUT2D eigenvalue weighted by Gasteiger charge is 2.15. The second kappa shape index (κ2) is 7.22. The van der Waals surface area contributed by atoms with Crippen molar-refractivity contribution in [1.82, 2.24) is 15.6 Å². The lowest BCUT2D eigenvalue weighted by atomic mass is 10.1. The standard InChI is InChI=1S/C15H18FN3O2S/c1-9(13-6-11(16)4-5-14(13)21-3)18-15(20)17-7-12-8-22-10(2)19-12/h4-6,8-9H,7H2,1-3H3,(H2,17,18,20). The van der Waals surface area contributed by atoms with Crippen LogP contribution < -0.4 is 15.4 Å². The van der Waals surface area contributed by atoms with Crippen LogP contribution in [0.15, 0.2) is 23.6 Å². The van der Waals surface area contributed by atoms with Crippen molar-refractivity contribution in [3.8, 4) is 5.75 Å². The molecule has 1 aromatic carbocycles. The van der Waals surface area contributed by atoms with Gasteiger partial charge in [0.25, 0.3) is 0 Å². The average molecular weight is 323 g/mol. The summed E-state index contributed by atoms with van der Waals surface area (Å²) in [7, 11) is 1.51. The van der Waals surface area contributed by atoms with Crippen LogP contribution in [0.3, 0.4) is 0 Å². The Kier molecular flexibility index (Phi) is 5.32. The molecule has 0 aliphatic heterocycles. The van der Waals surface area contributed by atoms with E-state index in [1.807, 2.05) is 12.3 Å². The minimum atomic E-state index is -0.386. The number of methoxy groups -OCH3 is 1. The largest absolute Gasteiger partial charge is 0.496 e. The van der Waals surface area contributed by atoms with E-state index in [1.54, 1.807) is 13.0 Å². The maximum Gasteiger partial charge on any atom is 0.315 e. The van der Waals surface area contributed by atoms with Crippen LogP contribution in [-0.4, -0.2) is 18.1 Å². The highest BCUT2D eigenvalue weighted by Crippen LogP contribution is 2.25. The van der Waals surface area contributed by atoms with E-state index < -0.39 is 0 Å². The fourth-order valence-electron chi connectivity index (χ4n) is 2.03. The first-order valence-corrected chi connectivity index (χ1v) is 7.66. The Morgan fingerprint density at radius 1 is 1.50 bits per heavy atom. The lowest BCUT2D eigenvalue weighted by Gasteiger charge is -2.17. The summed E-state index contributed by atoms with van der Waals surface area (Å²) in [6.07, 6.45) is 0. The van der Waals surface area contributed by atoms with Crippen molar-refractivity contribution < 1.29 is 13.9 Å². The summed E-state index contributed by atoms with van der Waals surface area (Å²) < 4.78 is 18.6. The van der Waals surface area contributed by atoms with E-state index in [1.165, 1.54) is 30.6 Å². The fraction of sp³-hybridized carbons (Fsp3) is 0.333. The van der Waals surface area contributed by atoms with Crippen molar-refractivity contribution in [3.63, 3.8) is 0 Å². The molecule has 1 atom stereocenters. The van der Waals surface area contributed by atoms with Crippen LogP contribution in [0.1, 0.15) is 29.2 Å². The van der Waals surface area contributed by atoms with Gasteiger partial charge in [-0.15, -0.1) is 11.3 Å². The minimum absolute atomic E-state index is 0.343. The first-order valence-electron chi connectivity index (χ1n) is 6.78. The zero-order chi connectivity index (χ0) is 16.1. The number of ether oxygens (including phenoxy) is 1. The third-order valence-electron chi connectivity index (χ3n) is 3.10.